The molecule has 2 N–H and O–H groups in total. The molecule has 0 unspecified atom stereocenters. The first-order chi connectivity index (χ1) is 9.63. The van der Waals surface area contributed by atoms with Crippen molar-refractivity contribution in [2.75, 3.05) is 6.61 Å². The summed E-state index contributed by atoms with van der Waals surface area (Å²) in [5.41, 5.74) is 2.23. The van der Waals surface area contributed by atoms with Crippen molar-refractivity contribution < 1.29 is 5.11 Å². The Morgan fingerprint density at radius 2 is 2.10 bits per heavy atom. The summed E-state index contributed by atoms with van der Waals surface area (Å²) in [6.07, 6.45) is 8.03. The molecule has 0 aromatic carbocycles. The predicted octanol–water partition coefficient (Wildman–Crippen LogP) is 2.80. The Bertz CT molecular complexity index is 596. The van der Waals surface area contributed by atoms with Gasteiger partial charge in [-0.05, 0) is 26.7 Å². The number of aromatic nitrogens is 2. The van der Waals surface area contributed by atoms with Crippen LogP contribution in [0.4, 0.5) is 0 Å². The fourth-order valence-electron chi connectivity index (χ4n) is 3.21. The van der Waals surface area contributed by atoms with E-state index in [1.807, 2.05) is 0 Å². The summed E-state index contributed by atoms with van der Waals surface area (Å²) in [4.78, 5) is 6.97. The molecule has 2 aromatic heterocycles. The zero-order chi connectivity index (χ0) is 14.2. The number of rotatable bonds is 4. The van der Waals surface area contributed by atoms with E-state index < -0.39 is 0 Å². The highest BCUT2D eigenvalue weighted by atomic mass is 32.1. The molecule has 20 heavy (non-hydrogen) atoms. The van der Waals surface area contributed by atoms with Crippen LogP contribution in [0.1, 0.15) is 48.4 Å². The largest absolute Gasteiger partial charge is 0.394 e. The summed E-state index contributed by atoms with van der Waals surface area (Å²) in [7, 11) is 0. The van der Waals surface area contributed by atoms with Gasteiger partial charge in [-0.3, -0.25) is 4.40 Å². The zero-order valence-electron chi connectivity index (χ0n) is 12.3. The van der Waals surface area contributed by atoms with Gasteiger partial charge in [0.25, 0.3) is 0 Å². The van der Waals surface area contributed by atoms with Gasteiger partial charge in [0.2, 0.25) is 0 Å². The SMILES string of the molecule is Cc1cn2c(CNC3(CO)CCCCC3)c(C)nc2s1. The van der Waals surface area contributed by atoms with E-state index in [2.05, 4.69) is 34.7 Å². The summed E-state index contributed by atoms with van der Waals surface area (Å²) in [5.74, 6) is 0. The van der Waals surface area contributed by atoms with Crippen LogP contribution in [0.2, 0.25) is 0 Å². The molecule has 0 spiro atoms. The molecule has 1 aliphatic carbocycles. The number of aryl methyl sites for hydroxylation is 2. The summed E-state index contributed by atoms with van der Waals surface area (Å²) in [6, 6.07) is 0. The van der Waals surface area contributed by atoms with Gasteiger partial charge in [-0.25, -0.2) is 4.98 Å². The molecule has 0 atom stereocenters. The number of hydrogen-bond donors (Lipinski definition) is 2. The van der Waals surface area contributed by atoms with E-state index >= 15 is 0 Å². The van der Waals surface area contributed by atoms with Crippen molar-refractivity contribution >= 4 is 16.3 Å². The number of nitrogens with one attached hydrogen (secondary N) is 1. The van der Waals surface area contributed by atoms with Crippen LogP contribution >= 0.6 is 11.3 Å². The first-order valence-corrected chi connectivity index (χ1v) is 8.25. The maximum Gasteiger partial charge on any atom is 0.194 e. The van der Waals surface area contributed by atoms with Crippen molar-refractivity contribution in [3.63, 3.8) is 0 Å². The minimum absolute atomic E-state index is 0.0834. The number of hydrogen-bond acceptors (Lipinski definition) is 4. The van der Waals surface area contributed by atoms with Gasteiger partial charge < -0.3 is 10.4 Å². The van der Waals surface area contributed by atoms with Gasteiger partial charge in [-0.1, -0.05) is 19.3 Å². The molecule has 1 aliphatic rings. The Morgan fingerprint density at radius 1 is 1.35 bits per heavy atom. The van der Waals surface area contributed by atoms with Gasteiger partial charge in [0.15, 0.2) is 4.96 Å². The number of imidazole rings is 1. The summed E-state index contributed by atoms with van der Waals surface area (Å²) in [6.45, 7) is 5.20. The molecule has 0 saturated heterocycles. The summed E-state index contributed by atoms with van der Waals surface area (Å²) >= 11 is 1.73. The molecule has 1 fully saturated rings. The van der Waals surface area contributed by atoms with E-state index in [4.69, 9.17) is 0 Å². The average molecular weight is 293 g/mol. The smallest absolute Gasteiger partial charge is 0.194 e. The third-order valence-electron chi connectivity index (χ3n) is 4.49. The molecule has 0 aliphatic heterocycles. The second kappa shape index (κ2) is 5.47. The quantitative estimate of drug-likeness (QED) is 0.911. The predicted molar refractivity (Wildman–Crippen MR) is 82.3 cm³/mol. The second-order valence-corrected chi connectivity index (χ2v) is 7.20. The summed E-state index contributed by atoms with van der Waals surface area (Å²) in [5, 5.41) is 13.4. The van der Waals surface area contributed by atoms with Crippen LogP contribution < -0.4 is 5.32 Å². The van der Waals surface area contributed by atoms with Crippen molar-refractivity contribution in [3.8, 4) is 0 Å². The van der Waals surface area contributed by atoms with E-state index in [0.717, 1.165) is 30.0 Å². The Balaban J connectivity index is 1.80. The molecule has 1 saturated carbocycles. The van der Waals surface area contributed by atoms with Gasteiger partial charge in [0.05, 0.1) is 18.0 Å². The number of fused-ring (bicyclic) bond motifs is 1. The minimum atomic E-state index is -0.0834. The fraction of sp³-hybridized carbons (Fsp3) is 0.667. The molecule has 110 valence electrons. The highest BCUT2D eigenvalue weighted by molar-refractivity contribution is 7.17. The van der Waals surface area contributed by atoms with Crippen LogP contribution in [0, 0.1) is 13.8 Å². The van der Waals surface area contributed by atoms with Crippen LogP contribution in [0.5, 0.6) is 0 Å². The van der Waals surface area contributed by atoms with Gasteiger partial charge in [0.1, 0.15) is 0 Å². The van der Waals surface area contributed by atoms with Crippen LogP contribution in [0.3, 0.4) is 0 Å². The number of aliphatic hydroxyl groups is 1. The van der Waals surface area contributed by atoms with E-state index in [9.17, 15) is 5.11 Å². The number of nitrogens with zero attached hydrogens (tertiary/aromatic N) is 2. The highest BCUT2D eigenvalue weighted by Crippen LogP contribution is 2.29. The van der Waals surface area contributed by atoms with E-state index in [1.54, 1.807) is 11.3 Å². The summed E-state index contributed by atoms with van der Waals surface area (Å²) < 4.78 is 2.19. The molecule has 0 radical (unpaired) electrons. The fourth-order valence-corrected chi connectivity index (χ4v) is 4.10. The molecular weight excluding hydrogens is 270 g/mol. The molecular formula is C15H23N3OS. The molecule has 4 nitrogen and oxygen atoms in total. The normalized spacial score (nSPS) is 18.8. The molecule has 3 rings (SSSR count). The van der Waals surface area contributed by atoms with Crippen LogP contribution in [-0.4, -0.2) is 26.6 Å². The van der Waals surface area contributed by atoms with Gasteiger partial charge in [-0.15, -0.1) is 11.3 Å². The lowest BCUT2D eigenvalue weighted by Crippen LogP contribution is -2.49. The first-order valence-electron chi connectivity index (χ1n) is 7.43. The lowest BCUT2D eigenvalue weighted by atomic mass is 9.82. The van der Waals surface area contributed by atoms with Crippen molar-refractivity contribution in [1.82, 2.24) is 14.7 Å². The van der Waals surface area contributed by atoms with Gasteiger partial charge in [0, 0.05) is 23.2 Å². The van der Waals surface area contributed by atoms with Crippen LogP contribution in [0.15, 0.2) is 6.20 Å². The molecule has 5 heteroatoms. The Hall–Kier alpha value is -0.910. The Morgan fingerprint density at radius 3 is 2.80 bits per heavy atom. The van der Waals surface area contributed by atoms with Crippen molar-refractivity contribution in [3.05, 3.63) is 22.5 Å². The maximum atomic E-state index is 9.77. The zero-order valence-corrected chi connectivity index (χ0v) is 13.1. The third kappa shape index (κ3) is 2.50. The van der Waals surface area contributed by atoms with Gasteiger partial charge in [-0.2, -0.15) is 0 Å². The lowest BCUT2D eigenvalue weighted by Gasteiger charge is -2.36. The highest BCUT2D eigenvalue weighted by Gasteiger charge is 2.31. The van der Waals surface area contributed by atoms with Gasteiger partial charge >= 0.3 is 0 Å². The third-order valence-corrected chi connectivity index (χ3v) is 5.38. The molecule has 2 aromatic rings. The molecule has 2 heterocycles. The van der Waals surface area contributed by atoms with Crippen molar-refractivity contribution in [2.24, 2.45) is 0 Å². The topological polar surface area (TPSA) is 49.6 Å². The molecule has 0 amide bonds. The van der Waals surface area contributed by atoms with E-state index in [-0.39, 0.29) is 12.1 Å². The van der Waals surface area contributed by atoms with E-state index in [0.29, 0.717) is 0 Å². The monoisotopic (exact) mass is 293 g/mol. The van der Waals surface area contributed by atoms with Crippen LogP contribution in [-0.2, 0) is 6.54 Å². The maximum absolute atomic E-state index is 9.77. The van der Waals surface area contributed by atoms with E-state index in [1.165, 1.54) is 29.8 Å². The molecule has 0 bridgehead atoms. The minimum Gasteiger partial charge on any atom is -0.394 e. The average Bonchev–Trinajstić information content (AvgIpc) is 2.93. The Labute approximate surface area is 123 Å². The first kappa shape index (κ1) is 14.0. The lowest BCUT2D eigenvalue weighted by molar-refractivity contribution is 0.119. The standard InChI is InChI=1S/C15H23N3OS/c1-11-9-18-13(12(2)17-14(18)20-11)8-16-15(10-19)6-4-3-5-7-15/h9,16,19H,3-8,10H2,1-2H3. The van der Waals surface area contributed by atoms with Crippen LogP contribution in [0.25, 0.3) is 4.96 Å². The van der Waals surface area contributed by atoms with Crippen molar-refractivity contribution in [2.45, 2.75) is 58.0 Å². The number of thiazole rings is 1. The second-order valence-electron chi connectivity index (χ2n) is 5.99. The van der Waals surface area contributed by atoms with Crippen molar-refractivity contribution in [1.29, 1.82) is 0 Å². The number of aliphatic hydroxyl groups excluding tert-OH is 1. The Kier molecular flexibility index (Phi) is 3.84.